The Balaban J connectivity index is 1.91. The minimum absolute atomic E-state index is 0.183. The third-order valence-corrected chi connectivity index (χ3v) is 3.25. The van der Waals surface area contributed by atoms with Crippen molar-refractivity contribution < 1.29 is 14.7 Å². The fourth-order valence-corrected chi connectivity index (χ4v) is 2.27. The second-order valence-corrected chi connectivity index (χ2v) is 4.83. The number of piperazine rings is 1. The number of carboxylic acids is 1. The summed E-state index contributed by atoms with van der Waals surface area (Å²) in [7, 11) is 0. The van der Waals surface area contributed by atoms with E-state index in [4.69, 9.17) is 5.11 Å². The highest BCUT2D eigenvalue weighted by atomic mass is 16.4. The number of hydrogen-bond acceptors (Lipinski definition) is 5. The summed E-state index contributed by atoms with van der Waals surface area (Å²) in [6.07, 6.45) is 2.49. The minimum Gasteiger partial charge on any atom is -0.480 e. The zero-order valence-corrected chi connectivity index (χ0v) is 11.5. The van der Waals surface area contributed by atoms with Gasteiger partial charge in [0, 0.05) is 26.2 Å². The van der Waals surface area contributed by atoms with Gasteiger partial charge in [-0.2, -0.15) is 0 Å². The smallest absolute Gasteiger partial charge is 0.325 e. The molecule has 1 fully saturated rings. The van der Waals surface area contributed by atoms with Gasteiger partial charge in [0.2, 0.25) is 0 Å². The number of carboxylic acid groups (broad SMARTS) is 1. The van der Waals surface area contributed by atoms with Crippen LogP contribution < -0.4 is 0 Å². The molecule has 0 saturated carbocycles. The van der Waals surface area contributed by atoms with E-state index >= 15 is 0 Å². The molecule has 0 aromatic carbocycles. The molecule has 2 rings (SSSR count). The Bertz CT molecular complexity index is 479. The average Bonchev–Trinajstić information content (AvgIpc) is 2.87. The number of hydrogen-bond donors (Lipinski definition) is 1. The lowest BCUT2D eigenvalue weighted by Gasteiger charge is -2.34. The van der Waals surface area contributed by atoms with Crippen molar-refractivity contribution in [2.75, 3.05) is 32.7 Å². The van der Waals surface area contributed by atoms with Gasteiger partial charge < -0.3 is 10.0 Å². The lowest BCUT2D eigenvalue weighted by Crippen LogP contribution is -2.48. The van der Waals surface area contributed by atoms with Crippen LogP contribution in [0.2, 0.25) is 0 Å². The van der Waals surface area contributed by atoms with Crippen LogP contribution in [0.3, 0.4) is 0 Å². The summed E-state index contributed by atoms with van der Waals surface area (Å²) in [5, 5.41) is 16.0. The molecule has 110 valence electrons. The molecule has 1 N–H and O–H groups in total. The molecular formula is C12H19N5O3. The number of aromatic nitrogens is 3. The van der Waals surface area contributed by atoms with Crippen LogP contribution in [0, 0.1) is 0 Å². The van der Waals surface area contributed by atoms with Gasteiger partial charge in [0.15, 0.2) is 5.69 Å². The van der Waals surface area contributed by atoms with Crippen LogP contribution >= 0.6 is 0 Å². The monoisotopic (exact) mass is 281 g/mol. The maximum absolute atomic E-state index is 12.2. The molecular weight excluding hydrogens is 262 g/mol. The lowest BCUT2D eigenvalue weighted by atomic mass is 10.2. The van der Waals surface area contributed by atoms with Gasteiger partial charge in [-0.25, -0.2) is 4.68 Å². The summed E-state index contributed by atoms with van der Waals surface area (Å²) >= 11 is 0. The maximum Gasteiger partial charge on any atom is 0.325 e. The van der Waals surface area contributed by atoms with E-state index in [2.05, 4.69) is 22.1 Å². The summed E-state index contributed by atoms with van der Waals surface area (Å²) < 4.78 is 1.16. The Hall–Kier alpha value is -1.96. The standard InChI is InChI=1S/C12H19N5O3/c1-2-3-15-4-6-16(7-5-15)12(20)10-8-17(14-13-10)9-11(18)19/h8H,2-7,9H2,1H3,(H,18,19). The van der Waals surface area contributed by atoms with Gasteiger partial charge >= 0.3 is 5.97 Å². The van der Waals surface area contributed by atoms with Crippen LogP contribution in [0.15, 0.2) is 6.20 Å². The first-order valence-electron chi connectivity index (χ1n) is 6.73. The molecule has 0 spiro atoms. The minimum atomic E-state index is -1.01. The summed E-state index contributed by atoms with van der Waals surface area (Å²) in [4.78, 5) is 26.8. The van der Waals surface area contributed by atoms with Crippen LogP contribution in [-0.4, -0.2) is 74.5 Å². The first kappa shape index (κ1) is 14.4. The molecule has 0 atom stereocenters. The molecule has 1 aromatic rings. The molecule has 0 radical (unpaired) electrons. The van der Waals surface area contributed by atoms with Gasteiger partial charge in [-0.15, -0.1) is 5.10 Å². The second kappa shape index (κ2) is 6.47. The Kier molecular flexibility index (Phi) is 4.67. The fraction of sp³-hybridized carbons (Fsp3) is 0.667. The normalized spacial score (nSPS) is 16.4. The molecule has 1 aromatic heterocycles. The molecule has 1 saturated heterocycles. The molecule has 2 heterocycles. The number of amides is 1. The maximum atomic E-state index is 12.2. The lowest BCUT2D eigenvalue weighted by molar-refractivity contribution is -0.137. The van der Waals surface area contributed by atoms with Gasteiger partial charge in [0.25, 0.3) is 5.91 Å². The van der Waals surface area contributed by atoms with E-state index in [9.17, 15) is 9.59 Å². The van der Waals surface area contributed by atoms with Crippen LogP contribution in [0.1, 0.15) is 23.8 Å². The van der Waals surface area contributed by atoms with Crippen LogP contribution in [0.5, 0.6) is 0 Å². The first-order valence-corrected chi connectivity index (χ1v) is 6.73. The van der Waals surface area contributed by atoms with Gasteiger partial charge in [-0.1, -0.05) is 12.1 Å². The molecule has 1 aliphatic heterocycles. The zero-order chi connectivity index (χ0) is 14.5. The van der Waals surface area contributed by atoms with E-state index < -0.39 is 5.97 Å². The number of carbonyl (C=O) groups is 2. The van der Waals surface area contributed by atoms with E-state index in [-0.39, 0.29) is 18.1 Å². The van der Waals surface area contributed by atoms with E-state index in [0.717, 1.165) is 30.7 Å². The average molecular weight is 281 g/mol. The van der Waals surface area contributed by atoms with Crippen molar-refractivity contribution in [2.45, 2.75) is 19.9 Å². The van der Waals surface area contributed by atoms with Crippen molar-refractivity contribution in [1.29, 1.82) is 0 Å². The topological polar surface area (TPSA) is 91.6 Å². The molecule has 1 aliphatic rings. The highest BCUT2D eigenvalue weighted by Gasteiger charge is 2.23. The highest BCUT2D eigenvalue weighted by Crippen LogP contribution is 2.07. The van der Waals surface area contributed by atoms with E-state index in [1.165, 1.54) is 6.20 Å². The summed E-state index contributed by atoms with van der Waals surface area (Å²) in [5.74, 6) is -1.19. The Morgan fingerprint density at radius 3 is 2.60 bits per heavy atom. The van der Waals surface area contributed by atoms with Crippen molar-refractivity contribution in [3.63, 3.8) is 0 Å². The van der Waals surface area contributed by atoms with Crippen LogP contribution in [0.25, 0.3) is 0 Å². The van der Waals surface area contributed by atoms with Gasteiger partial charge in [0.1, 0.15) is 6.54 Å². The van der Waals surface area contributed by atoms with E-state index in [1.54, 1.807) is 4.90 Å². The van der Waals surface area contributed by atoms with Crippen molar-refractivity contribution in [2.24, 2.45) is 0 Å². The predicted octanol–water partition coefficient (Wildman–Crippen LogP) is -0.469. The number of aliphatic carboxylic acids is 1. The van der Waals surface area contributed by atoms with Crippen molar-refractivity contribution in [3.8, 4) is 0 Å². The van der Waals surface area contributed by atoms with E-state index in [0.29, 0.717) is 13.1 Å². The SMILES string of the molecule is CCCN1CCN(C(=O)c2cn(CC(=O)O)nn2)CC1. The first-order chi connectivity index (χ1) is 9.60. The summed E-state index contributed by atoms with van der Waals surface area (Å²) in [6.45, 7) is 5.97. The van der Waals surface area contributed by atoms with Gasteiger partial charge in [-0.3, -0.25) is 14.5 Å². The summed E-state index contributed by atoms with van der Waals surface area (Å²) in [5.41, 5.74) is 0.204. The molecule has 1 amide bonds. The Morgan fingerprint density at radius 2 is 2.00 bits per heavy atom. The Morgan fingerprint density at radius 1 is 1.30 bits per heavy atom. The molecule has 8 heteroatoms. The fourth-order valence-electron chi connectivity index (χ4n) is 2.27. The molecule has 20 heavy (non-hydrogen) atoms. The second-order valence-electron chi connectivity index (χ2n) is 4.83. The van der Waals surface area contributed by atoms with Crippen LogP contribution in [0.4, 0.5) is 0 Å². The van der Waals surface area contributed by atoms with Crippen molar-refractivity contribution in [3.05, 3.63) is 11.9 Å². The number of nitrogens with zero attached hydrogens (tertiary/aromatic N) is 5. The number of rotatable bonds is 5. The molecule has 0 aliphatic carbocycles. The van der Waals surface area contributed by atoms with Gasteiger partial charge in [-0.05, 0) is 13.0 Å². The van der Waals surface area contributed by atoms with Crippen molar-refractivity contribution in [1.82, 2.24) is 24.8 Å². The molecule has 8 nitrogen and oxygen atoms in total. The quantitative estimate of drug-likeness (QED) is 0.784. The highest BCUT2D eigenvalue weighted by molar-refractivity contribution is 5.92. The Labute approximate surface area is 117 Å². The van der Waals surface area contributed by atoms with E-state index in [1.807, 2.05) is 0 Å². The predicted molar refractivity (Wildman–Crippen MR) is 70.3 cm³/mol. The third-order valence-electron chi connectivity index (χ3n) is 3.25. The van der Waals surface area contributed by atoms with Crippen molar-refractivity contribution >= 4 is 11.9 Å². The molecule has 0 bridgehead atoms. The third kappa shape index (κ3) is 3.53. The summed E-state index contributed by atoms with van der Waals surface area (Å²) in [6, 6.07) is 0. The number of carbonyl (C=O) groups excluding carboxylic acids is 1. The zero-order valence-electron chi connectivity index (χ0n) is 11.5. The van der Waals surface area contributed by atoms with Crippen LogP contribution in [-0.2, 0) is 11.3 Å². The van der Waals surface area contributed by atoms with Gasteiger partial charge in [0.05, 0.1) is 6.20 Å². The largest absolute Gasteiger partial charge is 0.480 e. The molecule has 0 unspecified atom stereocenters.